The van der Waals surface area contributed by atoms with Gasteiger partial charge in [0.15, 0.2) is 11.5 Å². The van der Waals surface area contributed by atoms with Crippen LogP contribution in [0.1, 0.15) is 53.7 Å². The van der Waals surface area contributed by atoms with Crippen molar-refractivity contribution < 1.29 is 19.1 Å². The van der Waals surface area contributed by atoms with Gasteiger partial charge in [0.1, 0.15) is 24.2 Å². The van der Waals surface area contributed by atoms with Crippen LogP contribution in [-0.2, 0) is 22.6 Å². The van der Waals surface area contributed by atoms with Crippen molar-refractivity contribution in [1.29, 1.82) is 0 Å². The number of aromatic amines is 1. The number of nitrogens with one attached hydrogen (secondary N) is 3. The smallest absolute Gasteiger partial charge is 0.272 e. The van der Waals surface area contributed by atoms with E-state index < -0.39 is 0 Å². The summed E-state index contributed by atoms with van der Waals surface area (Å²) in [6.07, 6.45) is 8.44. The maximum Gasteiger partial charge on any atom is 0.272 e. The summed E-state index contributed by atoms with van der Waals surface area (Å²) in [5.41, 5.74) is 3.41. The van der Waals surface area contributed by atoms with Crippen LogP contribution in [-0.4, -0.2) is 39.2 Å². The molecule has 2 aliphatic rings. The van der Waals surface area contributed by atoms with E-state index in [2.05, 4.69) is 25.6 Å². The number of carbonyl (C=O) groups is 3. The Bertz CT molecular complexity index is 1230. The first-order chi connectivity index (χ1) is 16.1. The molecule has 1 aromatic carbocycles. The molecule has 3 N–H and O–H groups in total. The fraction of sp³-hybridized carbons (Fsp3) is 0.375. The second kappa shape index (κ2) is 9.01. The van der Waals surface area contributed by atoms with E-state index in [1.165, 1.54) is 12.7 Å². The molecule has 9 nitrogen and oxygen atoms in total. The summed E-state index contributed by atoms with van der Waals surface area (Å²) in [7, 11) is 0. The molecule has 1 aliphatic carbocycles. The van der Waals surface area contributed by atoms with E-state index in [1.54, 1.807) is 6.20 Å². The summed E-state index contributed by atoms with van der Waals surface area (Å²) in [4.78, 5) is 48.6. The Morgan fingerprint density at radius 1 is 1.15 bits per heavy atom. The molecule has 1 fully saturated rings. The zero-order valence-electron chi connectivity index (χ0n) is 18.1. The number of ketones is 1. The molecule has 170 valence electrons. The van der Waals surface area contributed by atoms with Gasteiger partial charge in [-0.05, 0) is 30.5 Å². The zero-order valence-corrected chi connectivity index (χ0v) is 18.1. The Balaban J connectivity index is 1.29. The zero-order chi connectivity index (χ0) is 22.8. The molecule has 1 saturated carbocycles. The van der Waals surface area contributed by atoms with Gasteiger partial charge in [-0.2, -0.15) is 0 Å². The number of carbonyl (C=O) groups excluding carboxylic acids is 3. The van der Waals surface area contributed by atoms with Crippen LogP contribution in [0.25, 0.3) is 11.0 Å². The molecule has 0 atom stereocenters. The minimum atomic E-state index is -0.362. The average Bonchev–Trinajstić information content (AvgIpc) is 3.25. The van der Waals surface area contributed by atoms with Crippen molar-refractivity contribution in [1.82, 2.24) is 20.3 Å². The summed E-state index contributed by atoms with van der Waals surface area (Å²) in [5, 5.41) is 5.82. The quantitative estimate of drug-likeness (QED) is 0.552. The van der Waals surface area contributed by atoms with Crippen molar-refractivity contribution in [2.75, 3.05) is 11.9 Å². The third kappa shape index (κ3) is 4.44. The maximum absolute atomic E-state index is 12.9. The van der Waals surface area contributed by atoms with Gasteiger partial charge in [0, 0.05) is 30.6 Å². The van der Waals surface area contributed by atoms with Gasteiger partial charge in [-0.3, -0.25) is 14.4 Å². The van der Waals surface area contributed by atoms with Gasteiger partial charge in [-0.25, -0.2) is 9.97 Å². The van der Waals surface area contributed by atoms with Gasteiger partial charge >= 0.3 is 0 Å². The first kappa shape index (κ1) is 21.1. The predicted octanol–water partition coefficient (Wildman–Crippen LogP) is 2.91. The molecule has 9 heteroatoms. The molecular formula is C24H25N5O4. The Morgan fingerprint density at radius 3 is 2.85 bits per heavy atom. The van der Waals surface area contributed by atoms with Crippen LogP contribution in [0.2, 0.25) is 0 Å². The number of anilines is 1. The number of amides is 2. The second-order valence-electron chi connectivity index (χ2n) is 8.60. The van der Waals surface area contributed by atoms with Crippen LogP contribution < -0.4 is 15.4 Å². The lowest BCUT2D eigenvalue weighted by atomic mass is 9.88. The molecule has 3 heterocycles. The largest absolute Gasteiger partial charge is 0.486 e. The van der Waals surface area contributed by atoms with E-state index in [0.717, 1.165) is 36.8 Å². The molecule has 3 aromatic rings. The molecule has 0 radical (unpaired) electrons. The number of hydrogen-bond acceptors (Lipinski definition) is 6. The third-order valence-corrected chi connectivity index (χ3v) is 6.27. The van der Waals surface area contributed by atoms with E-state index in [9.17, 15) is 14.4 Å². The molecule has 0 bridgehead atoms. The molecule has 33 heavy (non-hydrogen) atoms. The highest BCUT2D eigenvalue weighted by Gasteiger charge is 2.23. The Labute approximate surface area is 190 Å². The van der Waals surface area contributed by atoms with E-state index in [0.29, 0.717) is 28.9 Å². The number of ether oxygens (including phenoxy) is 1. The SMILES string of the molecule is O=C1COc2ccc(CNC(=O)c3ncnc4c(NC(=O)C5CCCCC5)c[nH]c34)cc2C1. The molecule has 1 aliphatic heterocycles. The van der Waals surface area contributed by atoms with E-state index in [-0.39, 0.29) is 42.4 Å². The number of aromatic nitrogens is 3. The summed E-state index contributed by atoms with van der Waals surface area (Å²) in [6, 6.07) is 5.55. The van der Waals surface area contributed by atoms with Crippen molar-refractivity contribution >= 4 is 34.3 Å². The molecule has 0 spiro atoms. The highest BCUT2D eigenvalue weighted by molar-refractivity contribution is 6.08. The number of hydrogen-bond donors (Lipinski definition) is 3. The summed E-state index contributed by atoms with van der Waals surface area (Å²) >= 11 is 0. The monoisotopic (exact) mass is 447 g/mol. The lowest BCUT2D eigenvalue weighted by molar-refractivity contribution is -0.121. The topological polar surface area (TPSA) is 126 Å². The van der Waals surface area contributed by atoms with Crippen LogP contribution in [0.15, 0.2) is 30.7 Å². The van der Waals surface area contributed by atoms with Gasteiger partial charge in [-0.15, -0.1) is 0 Å². The number of benzene rings is 1. The van der Waals surface area contributed by atoms with E-state index in [1.807, 2.05) is 18.2 Å². The molecule has 2 aromatic heterocycles. The van der Waals surface area contributed by atoms with Gasteiger partial charge < -0.3 is 20.4 Å². The highest BCUT2D eigenvalue weighted by atomic mass is 16.5. The van der Waals surface area contributed by atoms with Gasteiger partial charge in [0.25, 0.3) is 5.91 Å². The number of H-pyrrole nitrogens is 1. The van der Waals surface area contributed by atoms with Crippen molar-refractivity contribution in [2.24, 2.45) is 5.92 Å². The first-order valence-corrected chi connectivity index (χ1v) is 11.3. The van der Waals surface area contributed by atoms with E-state index >= 15 is 0 Å². The number of nitrogens with zero attached hydrogens (tertiary/aromatic N) is 2. The fourth-order valence-electron chi connectivity index (χ4n) is 4.52. The normalized spacial score (nSPS) is 16.2. The number of rotatable bonds is 5. The van der Waals surface area contributed by atoms with Gasteiger partial charge in [0.05, 0.1) is 11.2 Å². The maximum atomic E-state index is 12.9. The minimum absolute atomic E-state index is 0.00455. The summed E-state index contributed by atoms with van der Waals surface area (Å²) in [6.45, 7) is 0.379. The van der Waals surface area contributed by atoms with Gasteiger partial charge in [0.2, 0.25) is 5.91 Å². The predicted molar refractivity (Wildman–Crippen MR) is 121 cm³/mol. The third-order valence-electron chi connectivity index (χ3n) is 6.27. The molecule has 2 amide bonds. The molecule has 0 saturated heterocycles. The minimum Gasteiger partial charge on any atom is -0.486 e. The first-order valence-electron chi connectivity index (χ1n) is 11.3. The molecular weight excluding hydrogens is 422 g/mol. The molecule has 0 unspecified atom stereocenters. The fourth-order valence-corrected chi connectivity index (χ4v) is 4.52. The van der Waals surface area contributed by atoms with Crippen LogP contribution >= 0.6 is 0 Å². The number of fused-ring (bicyclic) bond motifs is 2. The Kier molecular flexibility index (Phi) is 5.77. The second-order valence-corrected chi connectivity index (χ2v) is 8.60. The van der Waals surface area contributed by atoms with Crippen LogP contribution in [0.5, 0.6) is 5.75 Å². The van der Waals surface area contributed by atoms with Crippen molar-refractivity contribution in [3.8, 4) is 5.75 Å². The van der Waals surface area contributed by atoms with Crippen molar-refractivity contribution in [3.05, 3.63) is 47.5 Å². The Morgan fingerprint density at radius 2 is 2.00 bits per heavy atom. The van der Waals surface area contributed by atoms with E-state index in [4.69, 9.17) is 4.74 Å². The highest BCUT2D eigenvalue weighted by Crippen LogP contribution is 2.28. The van der Waals surface area contributed by atoms with Gasteiger partial charge in [-0.1, -0.05) is 25.3 Å². The molecule has 5 rings (SSSR count). The average molecular weight is 447 g/mol. The van der Waals surface area contributed by atoms with Crippen molar-refractivity contribution in [3.63, 3.8) is 0 Å². The Hall–Kier alpha value is -3.75. The summed E-state index contributed by atoms with van der Waals surface area (Å²) < 4.78 is 5.41. The summed E-state index contributed by atoms with van der Waals surface area (Å²) in [5.74, 6) is 0.390. The lowest BCUT2D eigenvalue weighted by Crippen LogP contribution is -2.25. The van der Waals surface area contributed by atoms with Crippen LogP contribution in [0, 0.1) is 5.92 Å². The standard InChI is InChI=1S/C24H25N5O4/c30-17-9-16-8-14(6-7-19(16)33-12-17)10-26-24(32)22-21-20(27-13-28-22)18(11-25-21)29-23(31)15-4-2-1-3-5-15/h6-8,11,13,15,25H,1-5,9-10,12H2,(H,26,32)(H,29,31). The van der Waals surface area contributed by atoms with Crippen molar-refractivity contribution in [2.45, 2.75) is 45.1 Å². The van der Waals surface area contributed by atoms with Crippen LogP contribution in [0.3, 0.4) is 0 Å². The number of Topliss-reactive ketones (excluding diaryl/α,β-unsaturated/α-hetero) is 1. The lowest BCUT2D eigenvalue weighted by Gasteiger charge is -2.20. The van der Waals surface area contributed by atoms with Crippen LogP contribution in [0.4, 0.5) is 5.69 Å².